The van der Waals surface area contributed by atoms with Crippen LogP contribution in [0.15, 0.2) is 41.0 Å². The summed E-state index contributed by atoms with van der Waals surface area (Å²) in [5, 5.41) is 15.5. The minimum Gasteiger partial charge on any atom is -0.267 e. The molecule has 0 atom stereocenters. The van der Waals surface area contributed by atoms with Crippen molar-refractivity contribution in [2.24, 2.45) is 5.10 Å². The number of amides is 1. The molecule has 0 N–H and O–H groups in total. The van der Waals surface area contributed by atoms with Gasteiger partial charge in [-0.3, -0.25) is 4.79 Å². The van der Waals surface area contributed by atoms with Crippen molar-refractivity contribution < 1.29 is 4.79 Å². The van der Waals surface area contributed by atoms with E-state index in [1.165, 1.54) is 0 Å². The molecule has 126 valence electrons. The highest BCUT2D eigenvalue weighted by Crippen LogP contribution is 2.32. The maximum absolute atomic E-state index is 13.0. The Labute approximate surface area is 144 Å². The van der Waals surface area contributed by atoms with Crippen LogP contribution < -0.4 is 0 Å². The van der Waals surface area contributed by atoms with Gasteiger partial charge in [0.05, 0.1) is 22.9 Å². The number of carbonyl (C=O) groups is 1. The fraction of sp³-hybridized carbons (Fsp3) is 0.450. The molecule has 4 heteroatoms. The van der Waals surface area contributed by atoms with E-state index < -0.39 is 5.54 Å². The largest absolute Gasteiger partial charge is 0.270 e. The summed E-state index contributed by atoms with van der Waals surface area (Å²) in [5.41, 5.74) is 2.65. The van der Waals surface area contributed by atoms with E-state index in [0.717, 1.165) is 36.1 Å². The van der Waals surface area contributed by atoms with E-state index in [9.17, 15) is 10.1 Å². The first-order valence-electron chi connectivity index (χ1n) is 8.55. The molecule has 1 aromatic carbocycles. The SMILES string of the molecule is CC/C=C(\CCC)C(=O)N1N=C(c2ccccc2C#N)CC1(C)C. The van der Waals surface area contributed by atoms with E-state index in [0.29, 0.717) is 12.0 Å². The Balaban J connectivity index is 2.40. The van der Waals surface area contributed by atoms with Gasteiger partial charge in [-0.05, 0) is 32.8 Å². The topological polar surface area (TPSA) is 56.5 Å². The van der Waals surface area contributed by atoms with Crippen molar-refractivity contribution in [3.05, 3.63) is 47.0 Å². The van der Waals surface area contributed by atoms with Gasteiger partial charge in [-0.2, -0.15) is 10.4 Å². The average molecular weight is 323 g/mol. The zero-order valence-electron chi connectivity index (χ0n) is 15.0. The normalized spacial score (nSPS) is 16.7. The minimum atomic E-state index is -0.393. The third kappa shape index (κ3) is 3.56. The molecule has 4 nitrogen and oxygen atoms in total. The summed E-state index contributed by atoms with van der Waals surface area (Å²) in [7, 11) is 0. The second-order valence-electron chi connectivity index (χ2n) is 6.70. The first-order chi connectivity index (χ1) is 11.4. The molecule has 0 aliphatic carbocycles. The van der Waals surface area contributed by atoms with E-state index >= 15 is 0 Å². The maximum Gasteiger partial charge on any atom is 0.270 e. The number of hydrazone groups is 1. The van der Waals surface area contributed by atoms with E-state index in [1.54, 1.807) is 11.1 Å². The Morgan fingerprint density at radius 2 is 2.08 bits per heavy atom. The third-order valence-electron chi connectivity index (χ3n) is 4.19. The van der Waals surface area contributed by atoms with Gasteiger partial charge in [0, 0.05) is 17.6 Å². The van der Waals surface area contributed by atoms with Gasteiger partial charge < -0.3 is 0 Å². The van der Waals surface area contributed by atoms with E-state index in [-0.39, 0.29) is 5.91 Å². The molecule has 1 aliphatic heterocycles. The molecule has 1 aromatic rings. The third-order valence-corrected chi connectivity index (χ3v) is 4.19. The molecule has 0 unspecified atom stereocenters. The fourth-order valence-corrected chi connectivity index (χ4v) is 3.03. The maximum atomic E-state index is 13.0. The second-order valence-corrected chi connectivity index (χ2v) is 6.70. The molecular weight excluding hydrogens is 298 g/mol. The smallest absolute Gasteiger partial charge is 0.267 e. The first kappa shape index (κ1) is 17.9. The lowest BCUT2D eigenvalue weighted by molar-refractivity contribution is -0.131. The minimum absolute atomic E-state index is 0.0202. The van der Waals surface area contributed by atoms with Gasteiger partial charge in [-0.25, -0.2) is 5.01 Å². The number of allylic oxidation sites excluding steroid dienone is 1. The molecule has 0 saturated carbocycles. The highest BCUT2D eigenvalue weighted by Gasteiger charge is 2.39. The molecule has 1 heterocycles. The molecule has 1 aliphatic rings. The van der Waals surface area contributed by atoms with Gasteiger partial charge in [0.1, 0.15) is 0 Å². The van der Waals surface area contributed by atoms with Gasteiger partial charge in [0.25, 0.3) is 5.91 Å². The van der Waals surface area contributed by atoms with Gasteiger partial charge in [0.2, 0.25) is 0 Å². The molecule has 0 saturated heterocycles. The summed E-state index contributed by atoms with van der Waals surface area (Å²) in [6.07, 6.45) is 5.17. The lowest BCUT2D eigenvalue weighted by atomic mass is 9.92. The molecular formula is C20H25N3O. The fourth-order valence-electron chi connectivity index (χ4n) is 3.03. The van der Waals surface area contributed by atoms with E-state index in [4.69, 9.17) is 0 Å². The Kier molecular flexibility index (Phi) is 5.56. The molecule has 0 bridgehead atoms. The summed E-state index contributed by atoms with van der Waals surface area (Å²) < 4.78 is 0. The van der Waals surface area contributed by atoms with Crippen LogP contribution in [-0.2, 0) is 4.79 Å². The second kappa shape index (κ2) is 7.44. The number of hydrogen-bond donors (Lipinski definition) is 0. The van der Waals surface area contributed by atoms with Gasteiger partial charge in [-0.15, -0.1) is 0 Å². The zero-order chi connectivity index (χ0) is 17.7. The Bertz CT molecular complexity index is 723. The number of rotatable bonds is 5. The van der Waals surface area contributed by atoms with E-state index in [2.05, 4.69) is 18.1 Å². The number of nitrogens with zero attached hydrogens (tertiary/aromatic N) is 3. The van der Waals surface area contributed by atoms with Crippen LogP contribution in [0.2, 0.25) is 0 Å². The Hall–Kier alpha value is -2.41. The van der Waals surface area contributed by atoms with Crippen molar-refractivity contribution in [3.63, 3.8) is 0 Å². The molecule has 2 rings (SSSR count). The summed E-state index contributed by atoms with van der Waals surface area (Å²) in [6, 6.07) is 9.64. The summed E-state index contributed by atoms with van der Waals surface area (Å²) in [4.78, 5) is 13.0. The van der Waals surface area contributed by atoms with Gasteiger partial charge in [-0.1, -0.05) is 44.5 Å². The summed E-state index contributed by atoms with van der Waals surface area (Å²) in [6.45, 7) is 8.15. The van der Waals surface area contributed by atoms with Gasteiger partial charge >= 0.3 is 0 Å². The predicted octanol–water partition coefficient (Wildman–Crippen LogP) is 4.41. The molecule has 1 amide bonds. The van der Waals surface area contributed by atoms with E-state index in [1.807, 2.05) is 45.0 Å². The predicted molar refractivity (Wildman–Crippen MR) is 96.5 cm³/mol. The lowest BCUT2D eigenvalue weighted by Gasteiger charge is -2.29. The van der Waals surface area contributed by atoms with Crippen LogP contribution in [0.3, 0.4) is 0 Å². The lowest BCUT2D eigenvalue weighted by Crippen LogP contribution is -2.41. The monoisotopic (exact) mass is 323 g/mol. The first-order valence-corrected chi connectivity index (χ1v) is 8.55. The van der Waals surface area contributed by atoms with Crippen molar-refractivity contribution in [1.82, 2.24) is 5.01 Å². The Morgan fingerprint density at radius 3 is 2.71 bits per heavy atom. The van der Waals surface area contributed by atoms with Gasteiger partial charge in [0.15, 0.2) is 0 Å². The van der Waals surface area contributed by atoms with Crippen LogP contribution in [0.25, 0.3) is 0 Å². The highest BCUT2D eigenvalue weighted by molar-refractivity contribution is 6.06. The quantitative estimate of drug-likeness (QED) is 0.754. The number of nitriles is 1. The summed E-state index contributed by atoms with van der Waals surface area (Å²) >= 11 is 0. The van der Waals surface area contributed by atoms with Crippen molar-refractivity contribution in [3.8, 4) is 6.07 Å². The van der Waals surface area contributed by atoms with Crippen molar-refractivity contribution in [1.29, 1.82) is 5.26 Å². The molecule has 0 fully saturated rings. The zero-order valence-corrected chi connectivity index (χ0v) is 15.0. The number of carbonyl (C=O) groups excluding carboxylic acids is 1. The standard InChI is InChI=1S/C20H25N3O/c1-5-9-15(10-6-2)19(24)23-20(3,4)13-18(22-23)17-12-8-7-11-16(17)14-21/h7-9,11-12H,5-6,10,13H2,1-4H3/b15-9+. The number of hydrogen-bond acceptors (Lipinski definition) is 3. The van der Waals surface area contributed by atoms with Crippen molar-refractivity contribution in [2.45, 2.75) is 58.9 Å². The number of benzene rings is 1. The highest BCUT2D eigenvalue weighted by atomic mass is 16.2. The average Bonchev–Trinajstić information content (AvgIpc) is 2.89. The van der Waals surface area contributed by atoms with Crippen LogP contribution in [0.5, 0.6) is 0 Å². The van der Waals surface area contributed by atoms with Crippen LogP contribution in [-0.4, -0.2) is 22.2 Å². The van der Waals surface area contributed by atoms with Crippen LogP contribution in [0, 0.1) is 11.3 Å². The molecule has 0 radical (unpaired) electrons. The summed E-state index contributed by atoms with van der Waals surface area (Å²) in [5.74, 6) is -0.0202. The molecule has 0 aromatic heterocycles. The van der Waals surface area contributed by atoms with Crippen molar-refractivity contribution >= 4 is 11.6 Å². The van der Waals surface area contributed by atoms with Crippen LogP contribution in [0.4, 0.5) is 0 Å². The molecule has 24 heavy (non-hydrogen) atoms. The Morgan fingerprint density at radius 1 is 1.38 bits per heavy atom. The van der Waals surface area contributed by atoms with Crippen molar-refractivity contribution in [2.75, 3.05) is 0 Å². The van der Waals surface area contributed by atoms with Crippen LogP contribution in [0.1, 0.15) is 64.5 Å². The van der Waals surface area contributed by atoms with Crippen LogP contribution >= 0.6 is 0 Å². The molecule has 0 spiro atoms.